The van der Waals surface area contributed by atoms with Crippen LogP contribution in [-0.4, -0.2) is 13.4 Å². The smallest absolute Gasteiger partial charge is 0.0647 e. The minimum atomic E-state index is -0.808. The minimum absolute atomic E-state index is 0.808. The third-order valence-electron chi connectivity index (χ3n) is 7.12. The Morgan fingerprint density at radius 1 is 0.562 bits per heavy atom. The van der Waals surface area contributed by atoms with Gasteiger partial charge in [0.2, 0.25) is 0 Å². The molecule has 0 unspecified atom stereocenters. The molecule has 0 N–H and O–H groups in total. The van der Waals surface area contributed by atoms with Crippen LogP contribution in [0.4, 0.5) is 0 Å². The number of fused-ring (bicyclic) bond motifs is 7. The van der Waals surface area contributed by atoms with Crippen LogP contribution in [0.1, 0.15) is 0 Å². The van der Waals surface area contributed by atoms with Gasteiger partial charge in [0.1, 0.15) is 0 Å². The van der Waals surface area contributed by atoms with E-state index in [-0.39, 0.29) is 0 Å². The number of aromatic nitrogens is 1. The van der Waals surface area contributed by atoms with Crippen molar-refractivity contribution in [1.82, 2.24) is 4.57 Å². The summed E-state index contributed by atoms with van der Waals surface area (Å²) in [5.74, 6) is 0. The molecule has 0 spiro atoms. The summed E-state index contributed by atoms with van der Waals surface area (Å²) in [5.41, 5.74) is 9.26. The molecule has 1 heterocycles. The van der Waals surface area contributed by atoms with Crippen LogP contribution in [0.2, 0.25) is 13.1 Å². The molecule has 152 valence electrons. The molecular weight excluding hydrogens is 402 g/mol. The van der Waals surface area contributed by atoms with Crippen molar-refractivity contribution in [3.05, 3.63) is 97.1 Å². The van der Waals surface area contributed by atoms with E-state index in [2.05, 4.69) is 115 Å². The standard InChI is InChI=1S/C30H23NSi/c1-32(2)21-15-13-20(14-16-21)31-26-12-4-3-9-24(26)30-27(31)18-17-23-22-10-5-7-19-8-6-11-25(28(19)22)29(23)30/h3-18,32H,1-2H3. The van der Waals surface area contributed by atoms with Gasteiger partial charge in [-0.2, -0.15) is 0 Å². The SMILES string of the molecule is C[SiH](C)c1ccc(-n2c3ccccc3c3c4c(ccc32)-c2cccc3cccc-4c23)cc1. The van der Waals surface area contributed by atoms with E-state index in [0.717, 1.165) is 0 Å². The summed E-state index contributed by atoms with van der Waals surface area (Å²) in [4.78, 5) is 0. The molecule has 0 saturated carbocycles. The van der Waals surface area contributed by atoms with Gasteiger partial charge in [-0.1, -0.05) is 91.1 Å². The molecule has 0 radical (unpaired) electrons. The number of hydrogen-bond acceptors (Lipinski definition) is 0. The first-order chi connectivity index (χ1) is 15.7. The predicted molar refractivity (Wildman–Crippen MR) is 141 cm³/mol. The third-order valence-corrected chi connectivity index (χ3v) is 8.84. The highest BCUT2D eigenvalue weighted by Gasteiger charge is 2.26. The van der Waals surface area contributed by atoms with Crippen molar-refractivity contribution in [2.24, 2.45) is 0 Å². The molecule has 32 heavy (non-hydrogen) atoms. The van der Waals surface area contributed by atoms with Crippen molar-refractivity contribution in [2.75, 3.05) is 0 Å². The van der Waals surface area contributed by atoms with E-state index < -0.39 is 8.80 Å². The second-order valence-corrected chi connectivity index (χ2v) is 12.2. The highest BCUT2D eigenvalue weighted by Crippen LogP contribution is 2.52. The molecular formula is C30H23NSi. The Kier molecular flexibility index (Phi) is 3.62. The molecule has 0 bridgehead atoms. The van der Waals surface area contributed by atoms with Gasteiger partial charge in [-0.25, -0.2) is 0 Å². The fraction of sp³-hybridized carbons (Fsp3) is 0.0667. The van der Waals surface area contributed by atoms with Crippen molar-refractivity contribution < 1.29 is 0 Å². The van der Waals surface area contributed by atoms with Gasteiger partial charge in [-0.3, -0.25) is 0 Å². The summed E-state index contributed by atoms with van der Waals surface area (Å²) >= 11 is 0. The second kappa shape index (κ2) is 6.44. The maximum absolute atomic E-state index is 2.44. The van der Waals surface area contributed by atoms with Crippen LogP contribution in [-0.2, 0) is 0 Å². The molecule has 6 aromatic rings. The van der Waals surface area contributed by atoms with E-state index in [1.807, 2.05) is 0 Å². The van der Waals surface area contributed by atoms with Gasteiger partial charge in [0, 0.05) is 22.0 Å². The van der Waals surface area contributed by atoms with Gasteiger partial charge in [-0.15, -0.1) is 0 Å². The molecule has 0 aliphatic heterocycles. The van der Waals surface area contributed by atoms with Crippen LogP contribution < -0.4 is 5.19 Å². The molecule has 1 nitrogen and oxygen atoms in total. The van der Waals surface area contributed by atoms with Crippen molar-refractivity contribution in [1.29, 1.82) is 0 Å². The zero-order chi connectivity index (χ0) is 21.4. The Labute approximate surface area is 189 Å². The fourth-order valence-corrected chi connectivity index (χ4v) is 6.59. The van der Waals surface area contributed by atoms with Crippen LogP contribution in [0, 0.1) is 0 Å². The highest BCUT2D eigenvalue weighted by molar-refractivity contribution is 6.70. The van der Waals surface area contributed by atoms with Crippen LogP contribution in [0.15, 0.2) is 97.1 Å². The summed E-state index contributed by atoms with van der Waals surface area (Å²) < 4.78 is 2.44. The Balaban J connectivity index is 1.62. The number of rotatable bonds is 2. The van der Waals surface area contributed by atoms with Crippen molar-refractivity contribution >= 4 is 46.6 Å². The summed E-state index contributed by atoms with van der Waals surface area (Å²) in [5, 5.41) is 6.91. The van der Waals surface area contributed by atoms with Gasteiger partial charge >= 0.3 is 0 Å². The molecule has 1 aliphatic rings. The topological polar surface area (TPSA) is 4.93 Å². The highest BCUT2D eigenvalue weighted by atomic mass is 28.3. The predicted octanol–water partition coefficient (Wildman–Crippen LogP) is 7.28. The maximum Gasteiger partial charge on any atom is 0.0647 e. The van der Waals surface area contributed by atoms with E-state index in [0.29, 0.717) is 0 Å². The van der Waals surface area contributed by atoms with Crippen LogP contribution in [0.25, 0.3) is 60.5 Å². The van der Waals surface area contributed by atoms with E-state index in [4.69, 9.17) is 0 Å². The normalized spacial score (nSPS) is 12.3. The lowest BCUT2D eigenvalue weighted by Crippen LogP contribution is -2.21. The Hall–Kier alpha value is -3.62. The van der Waals surface area contributed by atoms with E-state index >= 15 is 0 Å². The van der Waals surface area contributed by atoms with E-state index in [1.165, 1.54) is 65.7 Å². The number of nitrogens with zero attached hydrogens (tertiary/aromatic N) is 1. The minimum Gasteiger partial charge on any atom is -0.309 e. The zero-order valence-corrected chi connectivity index (χ0v) is 19.4. The number of para-hydroxylation sites is 1. The van der Waals surface area contributed by atoms with E-state index in [1.54, 1.807) is 0 Å². The molecule has 1 aromatic heterocycles. The summed E-state index contributed by atoms with van der Waals surface area (Å²) in [6, 6.07) is 36.2. The lowest BCUT2D eigenvalue weighted by molar-refractivity contribution is 1.18. The Bertz CT molecular complexity index is 1680. The first-order valence-electron chi connectivity index (χ1n) is 11.4. The van der Waals surface area contributed by atoms with Gasteiger partial charge in [0.15, 0.2) is 0 Å². The molecule has 0 amide bonds. The van der Waals surface area contributed by atoms with Crippen LogP contribution in [0.3, 0.4) is 0 Å². The molecule has 2 heteroatoms. The monoisotopic (exact) mass is 425 g/mol. The van der Waals surface area contributed by atoms with Gasteiger partial charge in [-0.05, 0) is 51.7 Å². The molecule has 0 saturated heterocycles. The summed E-state index contributed by atoms with van der Waals surface area (Å²) in [7, 11) is -0.808. The number of benzene rings is 5. The largest absolute Gasteiger partial charge is 0.309 e. The van der Waals surface area contributed by atoms with E-state index in [9.17, 15) is 0 Å². The fourth-order valence-electron chi connectivity index (χ4n) is 5.62. The number of hydrogen-bond donors (Lipinski definition) is 0. The molecule has 7 rings (SSSR count). The molecule has 0 fully saturated rings. The third kappa shape index (κ3) is 2.28. The van der Waals surface area contributed by atoms with Gasteiger partial charge in [0.25, 0.3) is 0 Å². The first kappa shape index (κ1) is 18.0. The second-order valence-electron chi connectivity index (χ2n) is 9.19. The van der Waals surface area contributed by atoms with Gasteiger partial charge < -0.3 is 4.57 Å². The van der Waals surface area contributed by atoms with Crippen molar-refractivity contribution in [3.8, 4) is 27.9 Å². The summed E-state index contributed by atoms with van der Waals surface area (Å²) in [6.45, 7) is 4.77. The van der Waals surface area contributed by atoms with Crippen LogP contribution >= 0.6 is 0 Å². The first-order valence-corrected chi connectivity index (χ1v) is 14.3. The molecule has 0 atom stereocenters. The maximum atomic E-state index is 2.44. The Morgan fingerprint density at radius 3 is 2.09 bits per heavy atom. The molecule has 1 aliphatic carbocycles. The van der Waals surface area contributed by atoms with Gasteiger partial charge in [0.05, 0.1) is 19.8 Å². The lowest BCUT2D eigenvalue weighted by Gasteiger charge is -2.11. The quantitative estimate of drug-likeness (QED) is 0.257. The zero-order valence-electron chi connectivity index (χ0n) is 18.3. The van der Waals surface area contributed by atoms with Crippen molar-refractivity contribution in [3.63, 3.8) is 0 Å². The van der Waals surface area contributed by atoms with Crippen molar-refractivity contribution in [2.45, 2.75) is 13.1 Å². The van der Waals surface area contributed by atoms with Crippen LogP contribution in [0.5, 0.6) is 0 Å². The lowest BCUT2D eigenvalue weighted by atomic mass is 9.98. The average molecular weight is 426 g/mol. The Morgan fingerprint density at radius 2 is 1.31 bits per heavy atom. The average Bonchev–Trinajstić information content (AvgIpc) is 3.34. The summed E-state index contributed by atoms with van der Waals surface area (Å²) in [6.07, 6.45) is 0. The molecule has 5 aromatic carbocycles.